The third-order valence-corrected chi connectivity index (χ3v) is 22.9. The van der Waals surface area contributed by atoms with E-state index in [-0.39, 0.29) is 46.3 Å². The van der Waals surface area contributed by atoms with Gasteiger partial charge >= 0.3 is 5.97 Å². The molecule has 16 aromatic rings. The second-order valence-corrected chi connectivity index (χ2v) is 28.9. The summed E-state index contributed by atoms with van der Waals surface area (Å²) in [4.78, 5) is 24.6. The van der Waals surface area contributed by atoms with Crippen LogP contribution in [0.2, 0.25) is 0 Å². The molecule has 7 aliphatic rings. The van der Waals surface area contributed by atoms with Crippen LogP contribution in [0.25, 0.3) is 43.1 Å². The lowest BCUT2D eigenvalue weighted by Crippen LogP contribution is -2.69. The number of rotatable bonds is 7. The summed E-state index contributed by atoms with van der Waals surface area (Å²) in [5.74, 6) is -6.84. The van der Waals surface area contributed by atoms with E-state index in [9.17, 15) is 0 Å². The number of carbonyl (C=O) groups excluding carboxylic acids is 1. The van der Waals surface area contributed by atoms with E-state index in [2.05, 4.69) is 35.2 Å². The fourth-order valence-electron chi connectivity index (χ4n) is 18.8. The SMILES string of the molecule is O=C(OCc1ccccc1)c1cc2c3c(c1)N(c1cc(F)cc(F)c1)c1cc4ccccc4cc1B3c1cc3c(cc1N2c1cc(F)cc(F)c1)N(c1cc(F)cc(F)c1)c1cc2c4c5c1B3c1cc3ccccc3c3c1N5c1c(cc5ccccc5c1O3)B4c1cc3ccccc3cc1N2c1cc(F)cc(F)c1. The van der Waals surface area contributed by atoms with Crippen molar-refractivity contribution < 1.29 is 49.4 Å². The second-order valence-electron chi connectivity index (χ2n) is 28.9. The van der Waals surface area contributed by atoms with Crippen molar-refractivity contribution in [1.29, 1.82) is 0 Å². The molecule has 0 spiro atoms. The van der Waals surface area contributed by atoms with Gasteiger partial charge in [-0.05, 0) is 172 Å². The normalized spacial score (nSPS) is 13.9. The minimum atomic E-state index is -0.953. The van der Waals surface area contributed by atoms with E-state index in [4.69, 9.17) is 9.47 Å². The highest BCUT2D eigenvalue weighted by molar-refractivity contribution is 7.06. The second kappa shape index (κ2) is 22.3. The highest BCUT2D eigenvalue weighted by Gasteiger charge is 2.56. The fourth-order valence-corrected chi connectivity index (χ4v) is 18.8. The van der Waals surface area contributed by atoms with Gasteiger partial charge in [0.05, 0.1) is 39.7 Å². The molecule has 0 fully saturated rings. The summed E-state index contributed by atoms with van der Waals surface area (Å²) in [6.45, 7) is -2.54. The molecule has 7 aliphatic heterocycles. The molecule has 16 aromatic carbocycles. The van der Waals surface area contributed by atoms with Crippen LogP contribution in [0.15, 0.2) is 267 Å². The average molecular weight is 1430 g/mol. The molecule has 0 atom stereocenters. The van der Waals surface area contributed by atoms with E-state index in [1.165, 1.54) is 48.5 Å². The molecule has 0 aromatic heterocycles. The zero-order chi connectivity index (χ0) is 72.8. The first-order chi connectivity index (χ1) is 53.2. The summed E-state index contributed by atoms with van der Waals surface area (Å²) in [6.07, 6.45) is 0. The Hall–Kier alpha value is -13.5. The summed E-state index contributed by atoms with van der Waals surface area (Å²) < 4.78 is 147. The van der Waals surface area contributed by atoms with Crippen molar-refractivity contribution in [3.8, 4) is 11.5 Å². The van der Waals surface area contributed by atoms with Crippen LogP contribution in [-0.4, -0.2) is 26.1 Å². The van der Waals surface area contributed by atoms with Crippen molar-refractivity contribution in [3.05, 3.63) is 325 Å². The largest absolute Gasteiger partial charge is 0.457 e. The highest BCUT2D eigenvalue weighted by Crippen LogP contribution is 2.60. The molecule has 8 nitrogen and oxygen atoms in total. The molecule has 514 valence electrons. The summed E-state index contributed by atoms with van der Waals surface area (Å²) in [5, 5.41) is 6.66. The third kappa shape index (κ3) is 8.77. The number of benzene rings is 16. The summed E-state index contributed by atoms with van der Waals surface area (Å²) in [6, 6.07) is 75.4. The molecular weight excluding hydrogens is 1380 g/mol. The number of halogens is 8. The lowest BCUT2D eigenvalue weighted by atomic mass is 9.27. The number of nitrogens with zero attached hydrogens (tertiary/aromatic N) is 5. The Morgan fingerprint density at radius 3 is 1.03 bits per heavy atom. The van der Waals surface area contributed by atoms with Crippen LogP contribution in [0, 0.1) is 46.5 Å². The van der Waals surface area contributed by atoms with Crippen LogP contribution in [-0.2, 0) is 11.3 Å². The van der Waals surface area contributed by atoms with Crippen LogP contribution < -0.4 is 78.4 Å². The number of hydrogen-bond donors (Lipinski definition) is 0. The molecule has 0 bridgehead atoms. The average Bonchev–Trinajstić information content (AvgIpc) is 0.656. The predicted molar refractivity (Wildman–Crippen MR) is 419 cm³/mol. The maximum absolute atomic E-state index is 17.0. The highest BCUT2D eigenvalue weighted by atomic mass is 19.2. The van der Waals surface area contributed by atoms with Crippen LogP contribution in [0.5, 0.6) is 11.5 Å². The number of ether oxygens (including phenoxy) is 2. The van der Waals surface area contributed by atoms with Gasteiger partial charge in [-0.15, -0.1) is 0 Å². The van der Waals surface area contributed by atoms with E-state index in [1.54, 1.807) is 39.0 Å². The minimum absolute atomic E-state index is 0.0234. The Bertz CT molecular complexity index is 6830. The molecule has 7 heterocycles. The monoisotopic (exact) mass is 1430 g/mol. The Balaban J connectivity index is 0.887. The molecule has 19 heteroatoms. The third-order valence-electron chi connectivity index (χ3n) is 22.9. The summed E-state index contributed by atoms with van der Waals surface area (Å²) in [7, 11) is 0. The lowest BCUT2D eigenvalue weighted by Gasteiger charge is -2.53. The number of fused-ring (bicyclic) bond motifs is 16. The van der Waals surface area contributed by atoms with Crippen LogP contribution >= 0.6 is 0 Å². The maximum atomic E-state index is 17.0. The number of hydrogen-bond acceptors (Lipinski definition) is 8. The molecule has 0 saturated carbocycles. The van der Waals surface area contributed by atoms with E-state index in [1.807, 2.05) is 144 Å². The molecule has 0 amide bonds. The van der Waals surface area contributed by atoms with Gasteiger partial charge in [0.15, 0.2) is 11.5 Å². The van der Waals surface area contributed by atoms with Gasteiger partial charge in [-0.2, -0.15) is 0 Å². The van der Waals surface area contributed by atoms with Crippen molar-refractivity contribution in [2.24, 2.45) is 0 Å². The van der Waals surface area contributed by atoms with Gasteiger partial charge in [-0.25, -0.2) is 39.9 Å². The standard InChI is InChI=1S/C90H46B3F8N5O3/c94-54-30-55(95)35-62(34-54)102-74-26-49-16-6-4-14-47(49)22-68(74)91-70-42-71-77(43-76(70)104(64-38-58(98)32-59(99)39-64)79-29-53(28-78(102)82(79)91)90(107)108-45-46-12-2-1-3-13-46)105(65-40-60(100)33-61(101)41-65)81-44-80-83-87-84(81)93(71)73-25-52-19-9-11-21-67(52)89-86(73)106(87)85-72(24-51-18-8-10-20-66(51)88(85)109-89)92(83)69-23-48-15-5-7-17-50(48)27-75(69)103(80)63-36-56(96)31-57(97)37-63/h1-44H,45H2. The number of esters is 1. The maximum Gasteiger partial charge on any atom is 0.338 e. The van der Waals surface area contributed by atoms with E-state index < -0.39 is 72.6 Å². The Morgan fingerprint density at radius 2 is 0.615 bits per heavy atom. The van der Waals surface area contributed by atoms with Crippen LogP contribution in [0.1, 0.15) is 15.9 Å². The molecule has 0 saturated heterocycles. The van der Waals surface area contributed by atoms with Crippen LogP contribution in [0.3, 0.4) is 0 Å². The van der Waals surface area contributed by atoms with Gasteiger partial charge in [0.25, 0.3) is 20.1 Å². The minimum Gasteiger partial charge on any atom is -0.457 e. The summed E-state index contributed by atoms with van der Waals surface area (Å²) in [5.41, 5.74) is 12.3. The van der Waals surface area contributed by atoms with Gasteiger partial charge in [0.1, 0.15) is 53.1 Å². The fraction of sp³-hybridized carbons (Fsp3) is 0.0111. The van der Waals surface area contributed by atoms with Crippen molar-refractivity contribution in [3.63, 3.8) is 0 Å². The molecular formula is C90H46B3F8N5O3. The van der Waals surface area contributed by atoms with E-state index >= 15 is 39.9 Å². The molecule has 0 radical (unpaired) electrons. The Kier molecular flexibility index (Phi) is 12.6. The lowest BCUT2D eigenvalue weighted by molar-refractivity contribution is 0.0472. The molecule has 0 unspecified atom stereocenters. The molecule has 23 rings (SSSR count). The predicted octanol–water partition coefficient (Wildman–Crippen LogP) is 17.7. The van der Waals surface area contributed by atoms with Gasteiger partial charge < -0.3 is 34.0 Å². The van der Waals surface area contributed by atoms with Crippen molar-refractivity contribution in [2.45, 2.75) is 6.61 Å². The van der Waals surface area contributed by atoms with Crippen molar-refractivity contribution in [2.75, 3.05) is 24.5 Å². The Morgan fingerprint density at radius 1 is 0.294 bits per heavy atom. The number of anilines is 15. The van der Waals surface area contributed by atoms with E-state index in [0.29, 0.717) is 89.9 Å². The van der Waals surface area contributed by atoms with Crippen molar-refractivity contribution >= 4 is 204 Å². The zero-order valence-corrected chi connectivity index (χ0v) is 56.8. The zero-order valence-electron chi connectivity index (χ0n) is 56.8. The first-order valence-electron chi connectivity index (χ1n) is 35.7. The van der Waals surface area contributed by atoms with Gasteiger partial charge in [-0.1, -0.05) is 158 Å². The summed E-state index contributed by atoms with van der Waals surface area (Å²) >= 11 is 0. The first-order valence-corrected chi connectivity index (χ1v) is 35.7. The van der Waals surface area contributed by atoms with Crippen LogP contribution in [0.4, 0.5) is 120 Å². The van der Waals surface area contributed by atoms with Crippen molar-refractivity contribution in [1.82, 2.24) is 0 Å². The van der Waals surface area contributed by atoms with Gasteiger partial charge in [0, 0.05) is 86.2 Å². The molecule has 109 heavy (non-hydrogen) atoms. The Labute approximate surface area is 616 Å². The molecule has 0 aliphatic carbocycles. The smallest absolute Gasteiger partial charge is 0.338 e. The van der Waals surface area contributed by atoms with Gasteiger partial charge in [-0.3, -0.25) is 0 Å². The van der Waals surface area contributed by atoms with Gasteiger partial charge in [0.2, 0.25) is 0 Å². The van der Waals surface area contributed by atoms with E-state index in [0.717, 1.165) is 94.9 Å². The number of carbonyl (C=O) groups is 1. The molecule has 0 N–H and O–H groups in total. The quantitative estimate of drug-likeness (QED) is 0.0889. The first kappa shape index (κ1) is 61.7. The topological polar surface area (TPSA) is 51.7 Å².